The van der Waals surface area contributed by atoms with Gasteiger partial charge in [0.25, 0.3) is 0 Å². The Hall–Kier alpha value is -3.23. The lowest BCUT2D eigenvalue weighted by Crippen LogP contribution is -2.45. The number of amides is 3. The first kappa shape index (κ1) is 18.1. The van der Waals surface area contributed by atoms with E-state index >= 15 is 0 Å². The Kier molecular flexibility index (Phi) is 4.58. The SMILES string of the molecule is O=C(Nc1ccc(F)cc1)N[C@@H]1C(=O)NC[C@H]1c1c(F)cc2c(c1F)CCO2. The van der Waals surface area contributed by atoms with Crippen LogP contribution in [0.3, 0.4) is 0 Å². The molecule has 3 N–H and O–H groups in total. The third-order valence-corrected chi connectivity index (χ3v) is 4.86. The maximum atomic E-state index is 14.9. The summed E-state index contributed by atoms with van der Waals surface area (Å²) in [6.07, 6.45) is 0.311. The number of urea groups is 1. The van der Waals surface area contributed by atoms with Crippen molar-refractivity contribution in [1.29, 1.82) is 0 Å². The highest BCUT2D eigenvalue weighted by molar-refractivity contribution is 5.95. The van der Waals surface area contributed by atoms with Crippen LogP contribution in [0.15, 0.2) is 30.3 Å². The summed E-state index contributed by atoms with van der Waals surface area (Å²) >= 11 is 0. The van der Waals surface area contributed by atoms with Gasteiger partial charge in [0.15, 0.2) is 0 Å². The van der Waals surface area contributed by atoms with Crippen LogP contribution in [0.2, 0.25) is 0 Å². The first-order valence-electron chi connectivity index (χ1n) is 8.68. The summed E-state index contributed by atoms with van der Waals surface area (Å²) in [5.41, 5.74) is 0.320. The van der Waals surface area contributed by atoms with Gasteiger partial charge in [-0.1, -0.05) is 0 Å². The minimum Gasteiger partial charge on any atom is -0.493 e. The average molecular weight is 391 g/mol. The molecule has 2 aromatic carbocycles. The monoisotopic (exact) mass is 391 g/mol. The number of benzene rings is 2. The van der Waals surface area contributed by atoms with E-state index in [-0.39, 0.29) is 30.0 Å². The molecule has 6 nitrogen and oxygen atoms in total. The third-order valence-electron chi connectivity index (χ3n) is 4.86. The van der Waals surface area contributed by atoms with Crippen LogP contribution in [0.1, 0.15) is 17.0 Å². The van der Waals surface area contributed by atoms with Crippen molar-refractivity contribution in [3.63, 3.8) is 0 Å². The Morgan fingerprint density at radius 2 is 1.93 bits per heavy atom. The molecule has 0 aromatic heterocycles. The summed E-state index contributed by atoms with van der Waals surface area (Å²) in [7, 11) is 0. The van der Waals surface area contributed by atoms with E-state index in [2.05, 4.69) is 16.0 Å². The zero-order chi connectivity index (χ0) is 19.8. The van der Waals surface area contributed by atoms with Gasteiger partial charge in [-0.15, -0.1) is 0 Å². The van der Waals surface area contributed by atoms with Crippen molar-refractivity contribution >= 4 is 17.6 Å². The highest BCUT2D eigenvalue weighted by Crippen LogP contribution is 2.37. The summed E-state index contributed by atoms with van der Waals surface area (Å²) in [5.74, 6) is -3.35. The molecule has 0 radical (unpaired) electrons. The summed E-state index contributed by atoms with van der Waals surface area (Å²) in [6.45, 7) is 0.243. The van der Waals surface area contributed by atoms with Gasteiger partial charge in [0.1, 0.15) is 29.2 Å². The summed E-state index contributed by atoms with van der Waals surface area (Å²) in [4.78, 5) is 24.4. The predicted molar refractivity (Wildman–Crippen MR) is 93.7 cm³/mol. The van der Waals surface area contributed by atoms with Crippen LogP contribution >= 0.6 is 0 Å². The van der Waals surface area contributed by atoms with Gasteiger partial charge in [0.05, 0.1) is 6.61 Å². The third kappa shape index (κ3) is 3.23. The lowest BCUT2D eigenvalue weighted by molar-refractivity contribution is -0.120. The van der Waals surface area contributed by atoms with Crippen molar-refractivity contribution in [3.8, 4) is 5.75 Å². The number of ether oxygens (including phenoxy) is 1. The highest BCUT2D eigenvalue weighted by Gasteiger charge is 2.41. The van der Waals surface area contributed by atoms with Gasteiger partial charge in [-0.05, 0) is 24.3 Å². The Labute approximate surface area is 158 Å². The summed E-state index contributed by atoms with van der Waals surface area (Å²) in [6, 6.07) is 4.23. The maximum absolute atomic E-state index is 14.9. The number of carbonyl (C=O) groups is 2. The van der Waals surface area contributed by atoms with Crippen molar-refractivity contribution in [1.82, 2.24) is 10.6 Å². The van der Waals surface area contributed by atoms with Crippen molar-refractivity contribution < 1.29 is 27.5 Å². The van der Waals surface area contributed by atoms with Crippen LogP contribution < -0.4 is 20.7 Å². The minimum absolute atomic E-state index is 0.0200. The van der Waals surface area contributed by atoms with Crippen LogP contribution in [0, 0.1) is 17.5 Å². The molecule has 4 rings (SSSR count). The van der Waals surface area contributed by atoms with E-state index in [1.54, 1.807) is 0 Å². The highest BCUT2D eigenvalue weighted by atomic mass is 19.1. The molecule has 3 amide bonds. The quantitative estimate of drug-likeness (QED) is 0.752. The second-order valence-electron chi connectivity index (χ2n) is 6.60. The van der Waals surface area contributed by atoms with Gasteiger partial charge in [-0.25, -0.2) is 18.0 Å². The molecule has 28 heavy (non-hydrogen) atoms. The van der Waals surface area contributed by atoms with Crippen LogP contribution in [0.4, 0.5) is 23.7 Å². The van der Waals surface area contributed by atoms with E-state index in [1.807, 2.05) is 0 Å². The molecule has 2 aliphatic rings. The normalized spacial score (nSPS) is 20.3. The zero-order valence-corrected chi connectivity index (χ0v) is 14.5. The predicted octanol–water partition coefficient (Wildman–Crippen LogP) is 2.44. The van der Waals surface area contributed by atoms with Crippen LogP contribution in [-0.4, -0.2) is 31.1 Å². The van der Waals surface area contributed by atoms with Crippen molar-refractivity contribution in [2.24, 2.45) is 0 Å². The second-order valence-corrected chi connectivity index (χ2v) is 6.60. The Morgan fingerprint density at radius 3 is 2.68 bits per heavy atom. The van der Waals surface area contributed by atoms with E-state index in [0.29, 0.717) is 12.1 Å². The van der Waals surface area contributed by atoms with E-state index in [4.69, 9.17) is 4.74 Å². The number of anilines is 1. The maximum Gasteiger partial charge on any atom is 0.319 e. The Bertz CT molecular complexity index is 950. The average Bonchev–Trinajstić information content (AvgIpc) is 3.25. The Balaban J connectivity index is 1.56. The number of rotatable bonds is 3. The number of carbonyl (C=O) groups excluding carboxylic acids is 2. The number of hydrogen-bond donors (Lipinski definition) is 3. The molecule has 2 heterocycles. The second kappa shape index (κ2) is 7.06. The minimum atomic E-state index is -1.16. The number of halogens is 3. The molecule has 0 unspecified atom stereocenters. The van der Waals surface area contributed by atoms with Crippen molar-refractivity contribution in [2.45, 2.75) is 18.4 Å². The fourth-order valence-electron chi connectivity index (χ4n) is 3.52. The lowest BCUT2D eigenvalue weighted by atomic mass is 9.91. The molecule has 1 fully saturated rings. The van der Waals surface area contributed by atoms with Crippen molar-refractivity contribution in [2.75, 3.05) is 18.5 Å². The molecular weight excluding hydrogens is 375 g/mol. The molecule has 0 bridgehead atoms. The first-order chi connectivity index (χ1) is 13.4. The number of hydrogen-bond acceptors (Lipinski definition) is 3. The number of fused-ring (bicyclic) bond motifs is 1. The fraction of sp³-hybridized carbons (Fsp3) is 0.263. The first-order valence-corrected chi connectivity index (χ1v) is 8.68. The molecule has 0 spiro atoms. The van der Waals surface area contributed by atoms with Crippen LogP contribution in [-0.2, 0) is 11.2 Å². The fourth-order valence-corrected chi connectivity index (χ4v) is 3.52. The molecule has 2 aliphatic heterocycles. The summed E-state index contributed by atoms with van der Waals surface area (Å²) in [5, 5.41) is 7.42. The molecule has 2 atom stereocenters. The van der Waals surface area contributed by atoms with E-state index in [9.17, 15) is 22.8 Å². The van der Waals surface area contributed by atoms with Crippen molar-refractivity contribution in [3.05, 3.63) is 58.9 Å². The molecule has 1 saturated heterocycles. The molecule has 146 valence electrons. The lowest BCUT2D eigenvalue weighted by Gasteiger charge is -2.21. The topological polar surface area (TPSA) is 79.5 Å². The Morgan fingerprint density at radius 1 is 1.18 bits per heavy atom. The van der Waals surface area contributed by atoms with E-state index < -0.39 is 41.3 Å². The smallest absolute Gasteiger partial charge is 0.319 e. The summed E-state index contributed by atoms with van der Waals surface area (Å²) < 4.78 is 47.6. The van der Waals surface area contributed by atoms with E-state index in [0.717, 1.165) is 18.2 Å². The van der Waals surface area contributed by atoms with Gasteiger partial charge in [-0.2, -0.15) is 0 Å². The molecule has 9 heteroatoms. The number of nitrogens with one attached hydrogen (secondary N) is 3. The van der Waals surface area contributed by atoms with Gasteiger partial charge in [0, 0.05) is 41.8 Å². The van der Waals surface area contributed by atoms with Gasteiger partial charge < -0.3 is 20.7 Å². The molecule has 0 aliphatic carbocycles. The standard InChI is InChI=1S/C19H16F3N3O3/c20-9-1-3-10(4-2-9)24-19(27)25-17-12(8-23-18(17)26)15-13(21)7-14-11(16(15)22)5-6-28-14/h1-4,7,12,17H,5-6,8H2,(H,23,26)(H2,24,25,27)/t12-,17-/m0/s1. The van der Waals surface area contributed by atoms with Crippen LogP contribution in [0.25, 0.3) is 0 Å². The zero-order valence-electron chi connectivity index (χ0n) is 14.5. The van der Waals surface area contributed by atoms with E-state index in [1.165, 1.54) is 12.1 Å². The largest absolute Gasteiger partial charge is 0.493 e. The molecular formula is C19H16F3N3O3. The molecule has 0 saturated carbocycles. The molecule has 2 aromatic rings. The van der Waals surface area contributed by atoms with Gasteiger partial charge in [-0.3, -0.25) is 4.79 Å². The van der Waals surface area contributed by atoms with Gasteiger partial charge in [0.2, 0.25) is 5.91 Å². The van der Waals surface area contributed by atoms with Crippen LogP contribution in [0.5, 0.6) is 5.75 Å². The van der Waals surface area contributed by atoms with Gasteiger partial charge >= 0.3 is 6.03 Å².